The number of aromatic nitrogens is 3. The molecule has 1 fully saturated rings. The van der Waals surface area contributed by atoms with Crippen LogP contribution in [0.5, 0.6) is 0 Å². The number of likely N-dealkylation sites (tertiary alicyclic amines) is 1. The van der Waals surface area contributed by atoms with E-state index in [1.807, 2.05) is 11.6 Å². The Morgan fingerprint density at radius 3 is 2.95 bits per heavy atom. The Bertz CT molecular complexity index is 577. The molecule has 5 heteroatoms. The van der Waals surface area contributed by atoms with Crippen LogP contribution in [0.25, 0.3) is 11.4 Å². The molecule has 1 saturated heterocycles. The normalized spacial score (nSPS) is 20.0. The highest BCUT2D eigenvalue weighted by Gasteiger charge is 2.17. The van der Waals surface area contributed by atoms with Crippen molar-refractivity contribution < 1.29 is 0 Å². The molecular weight excluding hydrogens is 250 g/mol. The summed E-state index contributed by atoms with van der Waals surface area (Å²) in [5.74, 6) is 0.898. The fourth-order valence-corrected chi connectivity index (χ4v) is 2.81. The SMILES string of the molecule is CN1CCCC(Nc2cccc(-c3nncn3C)c2)C1. The summed E-state index contributed by atoms with van der Waals surface area (Å²) in [4.78, 5) is 2.38. The highest BCUT2D eigenvalue weighted by molar-refractivity contribution is 5.62. The van der Waals surface area contributed by atoms with Crippen molar-refractivity contribution in [3.63, 3.8) is 0 Å². The topological polar surface area (TPSA) is 46.0 Å². The van der Waals surface area contributed by atoms with E-state index in [4.69, 9.17) is 0 Å². The van der Waals surface area contributed by atoms with Crippen molar-refractivity contribution in [3.05, 3.63) is 30.6 Å². The average molecular weight is 271 g/mol. The second-order valence-corrected chi connectivity index (χ2v) is 5.59. The number of aryl methyl sites for hydroxylation is 1. The van der Waals surface area contributed by atoms with Gasteiger partial charge in [0.2, 0.25) is 0 Å². The second-order valence-electron chi connectivity index (χ2n) is 5.59. The van der Waals surface area contributed by atoms with Crippen LogP contribution in [0, 0.1) is 0 Å². The van der Waals surface area contributed by atoms with E-state index < -0.39 is 0 Å². The highest BCUT2D eigenvalue weighted by Crippen LogP contribution is 2.22. The average Bonchev–Trinajstić information content (AvgIpc) is 2.85. The fourth-order valence-electron chi connectivity index (χ4n) is 2.81. The first-order valence-corrected chi connectivity index (χ1v) is 7.12. The molecule has 1 unspecified atom stereocenters. The molecule has 1 aliphatic heterocycles. The van der Waals surface area contributed by atoms with Gasteiger partial charge in [0, 0.05) is 30.9 Å². The molecule has 1 N–H and O–H groups in total. The standard InChI is InChI=1S/C15H21N5/c1-19-8-4-7-14(10-19)17-13-6-3-5-12(9-13)15-18-16-11-20(15)2/h3,5-6,9,11,14,17H,4,7-8,10H2,1-2H3. The van der Waals surface area contributed by atoms with E-state index in [2.05, 4.69) is 51.7 Å². The molecule has 1 aromatic heterocycles. The molecule has 1 aliphatic rings. The lowest BCUT2D eigenvalue weighted by Crippen LogP contribution is -2.39. The zero-order valence-electron chi connectivity index (χ0n) is 12.1. The van der Waals surface area contributed by atoms with Gasteiger partial charge in [-0.3, -0.25) is 0 Å². The van der Waals surface area contributed by atoms with Crippen molar-refractivity contribution in [3.8, 4) is 11.4 Å². The number of benzene rings is 1. The molecule has 0 bridgehead atoms. The van der Waals surface area contributed by atoms with Crippen molar-refractivity contribution in [1.29, 1.82) is 0 Å². The molecule has 0 spiro atoms. The monoisotopic (exact) mass is 271 g/mol. The van der Waals surface area contributed by atoms with Crippen LogP contribution < -0.4 is 5.32 Å². The molecule has 0 saturated carbocycles. The first-order valence-electron chi connectivity index (χ1n) is 7.12. The predicted molar refractivity (Wildman–Crippen MR) is 80.6 cm³/mol. The zero-order chi connectivity index (χ0) is 13.9. The van der Waals surface area contributed by atoms with E-state index in [-0.39, 0.29) is 0 Å². The molecule has 1 atom stereocenters. The first-order chi connectivity index (χ1) is 9.72. The summed E-state index contributed by atoms with van der Waals surface area (Å²) in [5.41, 5.74) is 2.25. The van der Waals surface area contributed by atoms with Crippen LogP contribution in [0.1, 0.15) is 12.8 Å². The second kappa shape index (κ2) is 5.63. The Morgan fingerprint density at radius 1 is 1.30 bits per heavy atom. The molecule has 20 heavy (non-hydrogen) atoms. The van der Waals surface area contributed by atoms with E-state index in [0.717, 1.165) is 23.6 Å². The van der Waals surface area contributed by atoms with Gasteiger partial charge in [-0.15, -0.1) is 10.2 Å². The molecule has 0 aliphatic carbocycles. The maximum absolute atomic E-state index is 4.16. The lowest BCUT2D eigenvalue weighted by atomic mass is 10.1. The molecule has 3 rings (SSSR count). The Morgan fingerprint density at radius 2 is 2.20 bits per heavy atom. The number of likely N-dealkylation sites (N-methyl/N-ethyl adjacent to an activating group) is 1. The van der Waals surface area contributed by atoms with Crippen molar-refractivity contribution >= 4 is 5.69 Å². The van der Waals surface area contributed by atoms with Gasteiger partial charge in [-0.2, -0.15) is 0 Å². The van der Waals surface area contributed by atoms with Gasteiger partial charge in [0.15, 0.2) is 5.82 Å². The van der Waals surface area contributed by atoms with Crippen molar-refractivity contribution in [2.45, 2.75) is 18.9 Å². The first kappa shape index (κ1) is 13.1. The van der Waals surface area contributed by atoms with Crippen molar-refractivity contribution in [2.75, 3.05) is 25.5 Å². The summed E-state index contributed by atoms with van der Waals surface area (Å²) < 4.78 is 1.94. The quantitative estimate of drug-likeness (QED) is 0.927. The third-order valence-electron chi connectivity index (χ3n) is 3.83. The Labute approximate surface area is 119 Å². The molecule has 2 heterocycles. The van der Waals surface area contributed by atoms with Crippen LogP contribution in [-0.4, -0.2) is 45.8 Å². The number of hydrogen-bond donors (Lipinski definition) is 1. The van der Waals surface area contributed by atoms with E-state index in [1.54, 1.807) is 6.33 Å². The number of anilines is 1. The number of nitrogens with one attached hydrogen (secondary N) is 1. The number of piperidine rings is 1. The Balaban J connectivity index is 1.76. The number of hydrogen-bond acceptors (Lipinski definition) is 4. The van der Waals surface area contributed by atoms with Crippen LogP contribution in [-0.2, 0) is 7.05 Å². The molecule has 2 aromatic rings. The molecule has 1 aromatic carbocycles. The van der Waals surface area contributed by atoms with E-state index in [9.17, 15) is 0 Å². The van der Waals surface area contributed by atoms with Crippen LogP contribution in [0.4, 0.5) is 5.69 Å². The lowest BCUT2D eigenvalue weighted by Gasteiger charge is -2.31. The summed E-state index contributed by atoms with van der Waals surface area (Å²) in [5, 5.41) is 11.7. The number of nitrogens with zero attached hydrogens (tertiary/aromatic N) is 4. The van der Waals surface area contributed by atoms with Gasteiger partial charge in [-0.05, 0) is 38.6 Å². The minimum Gasteiger partial charge on any atom is -0.381 e. The van der Waals surface area contributed by atoms with E-state index in [1.165, 1.54) is 19.4 Å². The maximum Gasteiger partial charge on any atom is 0.163 e. The zero-order valence-corrected chi connectivity index (χ0v) is 12.1. The third kappa shape index (κ3) is 2.82. The van der Waals surface area contributed by atoms with Gasteiger partial charge >= 0.3 is 0 Å². The van der Waals surface area contributed by atoms with Crippen LogP contribution in [0.15, 0.2) is 30.6 Å². The lowest BCUT2D eigenvalue weighted by molar-refractivity contribution is 0.261. The van der Waals surface area contributed by atoms with Gasteiger partial charge in [0.05, 0.1) is 0 Å². The summed E-state index contributed by atoms with van der Waals surface area (Å²) in [6.07, 6.45) is 4.22. The summed E-state index contributed by atoms with van der Waals surface area (Å²) in [6.45, 7) is 2.31. The van der Waals surface area contributed by atoms with Gasteiger partial charge in [-0.1, -0.05) is 12.1 Å². The molecular formula is C15H21N5. The Hall–Kier alpha value is -1.88. The number of rotatable bonds is 3. The highest BCUT2D eigenvalue weighted by atomic mass is 15.2. The smallest absolute Gasteiger partial charge is 0.163 e. The minimum absolute atomic E-state index is 0.531. The Kier molecular flexibility index (Phi) is 3.69. The predicted octanol–water partition coefficient (Wildman–Crippen LogP) is 1.99. The van der Waals surface area contributed by atoms with Gasteiger partial charge in [-0.25, -0.2) is 0 Å². The van der Waals surface area contributed by atoms with Crippen LogP contribution in [0.3, 0.4) is 0 Å². The molecule has 5 nitrogen and oxygen atoms in total. The van der Waals surface area contributed by atoms with Gasteiger partial charge in [0.25, 0.3) is 0 Å². The van der Waals surface area contributed by atoms with E-state index in [0.29, 0.717) is 6.04 Å². The van der Waals surface area contributed by atoms with Gasteiger partial charge in [0.1, 0.15) is 6.33 Å². The van der Waals surface area contributed by atoms with Crippen molar-refractivity contribution in [2.24, 2.45) is 7.05 Å². The summed E-state index contributed by atoms with van der Waals surface area (Å²) in [6, 6.07) is 8.94. The van der Waals surface area contributed by atoms with Crippen LogP contribution >= 0.6 is 0 Å². The third-order valence-corrected chi connectivity index (χ3v) is 3.83. The largest absolute Gasteiger partial charge is 0.381 e. The van der Waals surface area contributed by atoms with Gasteiger partial charge < -0.3 is 14.8 Å². The van der Waals surface area contributed by atoms with Crippen molar-refractivity contribution in [1.82, 2.24) is 19.7 Å². The van der Waals surface area contributed by atoms with Crippen LogP contribution in [0.2, 0.25) is 0 Å². The molecule has 0 radical (unpaired) electrons. The fraction of sp³-hybridized carbons (Fsp3) is 0.467. The molecule has 106 valence electrons. The molecule has 0 amide bonds. The van der Waals surface area contributed by atoms with E-state index >= 15 is 0 Å². The minimum atomic E-state index is 0.531. The maximum atomic E-state index is 4.16. The summed E-state index contributed by atoms with van der Waals surface area (Å²) in [7, 11) is 4.15. The summed E-state index contributed by atoms with van der Waals surface area (Å²) >= 11 is 0.